The third-order valence-corrected chi connectivity index (χ3v) is 3.88. The highest BCUT2D eigenvalue weighted by Gasteiger charge is 2.16. The summed E-state index contributed by atoms with van der Waals surface area (Å²) < 4.78 is 22.3. The van der Waals surface area contributed by atoms with Crippen molar-refractivity contribution in [1.29, 1.82) is 0 Å². The van der Waals surface area contributed by atoms with Gasteiger partial charge in [0.05, 0.1) is 4.90 Å². The monoisotopic (exact) mass is 275 g/mol. The smallest absolute Gasteiger partial charge is 0.261 e. The Morgan fingerprint density at radius 3 is 2.41 bits per heavy atom. The first-order chi connectivity index (χ1) is 7.77. The third-order valence-electron chi connectivity index (χ3n) is 2.53. The van der Waals surface area contributed by atoms with Crippen molar-refractivity contribution >= 4 is 25.6 Å². The second-order valence-corrected chi connectivity index (χ2v) is 6.30. The standard InChI is InChI=1S/C11H14ClNO3S/c1-4-13(3)11(14)10-6-5-9(7-8(10)2)17(12,15)16/h5-7H,4H2,1-3H3. The average molecular weight is 276 g/mol. The minimum atomic E-state index is -3.75. The molecule has 17 heavy (non-hydrogen) atoms. The minimum Gasteiger partial charge on any atom is -0.342 e. The predicted molar refractivity (Wildman–Crippen MR) is 66.9 cm³/mol. The molecule has 0 aliphatic carbocycles. The van der Waals surface area contributed by atoms with Gasteiger partial charge in [0, 0.05) is 29.8 Å². The SMILES string of the molecule is CCN(C)C(=O)c1ccc(S(=O)(=O)Cl)cc1C. The zero-order valence-electron chi connectivity index (χ0n) is 9.90. The fourth-order valence-electron chi connectivity index (χ4n) is 1.38. The molecule has 94 valence electrons. The van der Waals surface area contributed by atoms with Gasteiger partial charge in [-0.25, -0.2) is 8.42 Å². The Morgan fingerprint density at radius 1 is 1.41 bits per heavy atom. The summed E-state index contributed by atoms with van der Waals surface area (Å²) in [5, 5.41) is 0. The van der Waals surface area contributed by atoms with Gasteiger partial charge in [0.15, 0.2) is 0 Å². The van der Waals surface area contributed by atoms with E-state index in [0.29, 0.717) is 17.7 Å². The number of halogens is 1. The van der Waals surface area contributed by atoms with Gasteiger partial charge in [-0.15, -0.1) is 0 Å². The molecule has 0 aliphatic heterocycles. The number of benzene rings is 1. The van der Waals surface area contributed by atoms with Crippen LogP contribution in [-0.2, 0) is 9.05 Å². The summed E-state index contributed by atoms with van der Waals surface area (Å²) in [5.41, 5.74) is 1.08. The fraction of sp³-hybridized carbons (Fsp3) is 0.364. The largest absolute Gasteiger partial charge is 0.342 e. The fourth-order valence-corrected chi connectivity index (χ4v) is 2.21. The van der Waals surface area contributed by atoms with E-state index in [4.69, 9.17) is 10.7 Å². The van der Waals surface area contributed by atoms with Gasteiger partial charge in [0.2, 0.25) is 0 Å². The molecule has 0 unspecified atom stereocenters. The Labute approximate surface area is 106 Å². The first kappa shape index (κ1) is 14.0. The van der Waals surface area contributed by atoms with Crippen LogP contribution in [0, 0.1) is 6.92 Å². The third kappa shape index (κ3) is 3.20. The van der Waals surface area contributed by atoms with Crippen LogP contribution in [0.2, 0.25) is 0 Å². The van der Waals surface area contributed by atoms with Gasteiger partial charge in [-0.1, -0.05) is 0 Å². The van der Waals surface area contributed by atoms with Crippen molar-refractivity contribution in [2.45, 2.75) is 18.7 Å². The van der Waals surface area contributed by atoms with Crippen molar-refractivity contribution in [2.24, 2.45) is 0 Å². The Bertz CT molecular complexity index is 540. The molecule has 0 bridgehead atoms. The number of aryl methyl sites for hydroxylation is 1. The summed E-state index contributed by atoms with van der Waals surface area (Å²) in [5.74, 6) is -0.136. The molecule has 1 aromatic carbocycles. The molecule has 1 amide bonds. The highest BCUT2D eigenvalue weighted by Crippen LogP contribution is 2.19. The zero-order chi connectivity index (χ0) is 13.2. The van der Waals surface area contributed by atoms with Crippen LogP contribution in [0.4, 0.5) is 0 Å². The Morgan fingerprint density at radius 2 is 2.00 bits per heavy atom. The molecule has 6 heteroatoms. The van der Waals surface area contributed by atoms with Gasteiger partial charge >= 0.3 is 0 Å². The van der Waals surface area contributed by atoms with Crippen molar-refractivity contribution in [3.8, 4) is 0 Å². The van der Waals surface area contributed by atoms with Crippen LogP contribution < -0.4 is 0 Å². The van der Waals surface area contributed by atoms with Crippen LogP contribution in [0.25, 0.3) is 0 Å². The van der Waals surface area contributed by atoms with E-state index in [-0.39, 0.29) is 10.8 Å². The summed E-state index contributed by atoms with van der Waals surface area (Å²) in [6.45, 7) is 4.14. The van der Waals surface area contributed by atoms with Gasteiger partial charge in [-0.3, -0.25) is 4.79 Å². The van der Waals surface area contributed by atoms with E-state index in [9.17, 15) is 13.2 Å². The predicted octanol–water partition coefficient (Wildman–Crippen LogP) is 2.01. The van der Waals surface area contributed by atoms with Gasteiger partial charge in [0.25, 0.3) is 15.0 Å². The molecule has 4 nitrogen and oxygen atoms in total. The number of hydrogen-bond donors (Lipinski definition) is 0. The molecular formula is C11H14ClNO3S. The molecule has 0 saturated heterocycles. The van der Waals surface area contributed by atoms with E-state index in [2.05, 4.69) is 0 Å². The summed E-state index contributed by atoms with van der Waals surface area (Å²) in [4.78, 5) is 13.5. The van der Waals surface area contributed by atoms with Crippen LogP contribution in [0.1, 0.15) is 22.8 Å². The van der Waals surface area contributed by atoms with Crippen molar-refractivity contribution in [1.82, 2.24) is 4.90 Å². The molecule has 0 heterocycles. The summed E-state index contributed by atoms with van der Waals surface area (Å²) >= 11 is 0. The lowest BCUT2D eigenvalue weighted by Gasteiger charge is -2.16. The van der Waals surface area contributed by atoms with Crippen LogP contribution in [-0.4, -0.2) is 32.8 Å². The lowest BCUT2D eigenvalue weighted by Crippen LogP contribution is -2.26. The second kappa shape index (κ2) is 5.06. The Balaban J connectivity index is 3.20. The zero-order valence-corrected chi connectivity index (χ0v) is 11.5. The van der Waals surface area contributed by atoms with E-state index < -0.39 is 9.05 Å². The van der Waals surface area contributed by atoms with Crippen LogP contribution in [0.15, 0.2) is 23.1 Å². The molecular weight excluding hydrogens is 262 g/mol. The number of hydrogen-bond acceptors (Lipinski definition) is 3. The van der Waals surface area contributed by atoms with Crippen molar-refractivity contribution in [3.05, 3.63) is 29.3 Å². The topological polar surface area (TPSA) is 54.5 Å². The van der Waals surface area contributed by atoms with Crippen molar-refractivity contribution < 1.29 is 13.2 Å². The van der Waals surface area contributed by atoms with Crippen molar-refractivity contribution in [2.75, 3.05) is 13.6 Å². The first-order valence-corrected chi connectivity index (χ1v) is 7.39. The highest BCUT2D eigenvalue weighted by atomic mass is 35.7. The number of nitrogens with zero attached hydrogens (tertiary/aromatic N) is 1. The average Bonchev–Trinajstić information content (AvgIpc) is 2.25. The number of carbonyl (C=O) groups is 1. The van der Waals surface area contributed by atoms with Crippen molar-refractivity contribution in [3.63, 3.8) is 0 Å². The van der Waals surface area contributed by atoms with Gasteiger partial charge in [0.1, 0.15) is 0 Å². The Hall–Kier alpha value is -1.07. The number of rotatable bonds is 3. The highest BCUT2D eigenvalue weighted by molar-refractivity contribution is 8.13. The van der Waals surface area contributed by atoms with E-state index in [1.807, 2.05) is 6.92 Å². The van der Waals surface area contributed by atoms with Crippen LogP contribution in [0.5, 0.6) is 0 Å². The summed E-state index contributed by atoms with van der Waals surface area (Å²) in [7, 11) is 3.17. The van der Waals surface area contributed by atoms with Gasteiger partial charge in [-0.05, 0) is 37.6 Å². The maximum atomic E-state index is 11.9. The van der Waals surface area contributed by atoms with Gasteiger partial charge < -0.3 is 4.90 Å². The molecule has 0 fully saturated rings. The number of amides is 1. The molecule has 0 radical (unpaired) electrons. The van der Waals surface area contributed by atoms with Crippen LogP contribution in [0.3, 0.4) is 0 Å². The molecule has 0 aromatic heterocycles. The van der Waals surface area contributed by atoms with E-state index in [1.54, 1.807) is 18.9 Å². The van der Waals surface area contributed by atoms with Crippen LogP contribution >= 0.6 is 10.7 Å². The molecule has 0 N–H and O–H groups in total. The maximum Gasteiger partial charge on any atom is 0.261 e. The first-order valence-electron chi connectivity index (χ1n) is 5.08. The normalized spacial score (nSPS) is 11.3. The lowest BCUT2D eigenvalue weighted by molar-refractivity contribution is 0.0801. The summed E-state index contributed by atoms with van der Waals surface area (Å²) in [6.07, 6.45) is 0. The quantitative estimate of drug-likeness (QED) is 0.793. The van der Waals surface area contributed by atoms with Gasteiger partial charge in [-0.2, -0.15) is 0 Å². The lowest BCUT2D eigenvalue weighted by atomic mass is 10.1. The Kier molecular flexibility index (Phi) is 4.16. The molecule has 1 aromatic rings. The molecule has 0 spiro atoms. The summed E-state index contributed by atoms with van der Waals surface area (Å²) in [6, 6.07) is 4.23. The molecule has 1 rings (SSSR count). The van der Waals surface area contributed by atoms with E-state index in [0.717, 1.165) is 0 Å². The van der Waals surface area contributed by atoms with E-state index in [1.165, 1.54) is 18.2 Å². The molecule has 0 aliphatic rings. The minimum absolute atomic E-state index is 0.00682. The molecule has 0 saturated carbocycles. The maximum absolute atomic E-state index is 11.9. The van der Waals surface area contributed by atoms with E-state index >= 15 is 0 Å². The number of carbonyl (C=O) groups excluding carboxylic acids is 1. The second-order valence-electron chi connectivity index (χ2n) is 3.73. The molecule has 0 atom stereocenters.